The lowest BCUT2D eigenvalue weighted by Crippen LogP contribution is -2.34. The summed E-state index contributed by atoms with van der Waals surface area (Å²) in [4.78, 5) is 0. The Labute approximate surface area is 83.0 Å². The van der Waals surface area contributed by atoms with Gasteiger partial charge < -0.3 is 16.8 Å². The summed E-state index contributed by atoms with van der Waals surface area (Å²) >= 11 is 0. The van der Waals surface area contributed by atoms with Crippen molar-refractivity contribution in [1.82, 2.24) is 10.6 Å². The normalized spacial score (nSPS) is 20.4. The predicted octanol–water partition coefficient (Wildman–Crippen LogP) is 0.556. The molecule has 4 heteroatoms. The molecular weight excluding hydrogens is 176 g/mol. The van der Waals surface area contributed by atoms with Crippen molar-refractivity contribution in [3.05, 3.63) is 36.0 Å². The summed E-state index contributed by atoms with van der Waals surface area (Å²) in [5.41, 5.74) is 13.7. The van der Waals surface area contributed by atoms with Gasteiger partial charge in [-0.25, -0.2) is 0 Å². The smallest absolute Gasteiger partial charge is 0.103 e. The quantitative estimate of drug-likeness (QED) is 0.488. The van der Waals surface area contributed by atoms with Crippen LogP contribution in [0.2, 0.25) is 0 Å². The van der Waals surface area contributed by atoms with E-state index in [1.807, 2.05) is 30.5 Å². The van der Waals surface area contributed by atoms with Crippen LogP contribution in [0.4, 0.5) is 11.4 Å². The van der Waals surface area contributed by atoms with Crippen LogP contribution < -0.4 is 22.1 Å². The third kappa shape index (κ3) is 1.65. The molecule has 2 rings (SSSR count). The van der Waals surface area contributed by atoms with Crippen LogP contribution in [0.25, 0.3) is 0 Å². The number of nitrogen functional groups attached to an aromatic ring is 2. The highest BCUT2D eigenvalue weighted by molar-refractivity contribution is 5.64. The van der Waals surface area contributed by atoms with Gasteiger partial charge in [-0.05, 0) is 23.9 Å². The van der Waals surface area contributed by atoms with Crippen LogP contribution in [0.3, 0.4) is 0 Å². The minimum Gasteiger partial charge on any atom is -0.397 e. The first-order chi connectivity index (χ1) is 6.77. The summed E-state index contributed by atoms with van der Waals surface area (Å²) < 4.78 is 0. The summed E-state index contributed by atoms with van der Waals surface area (Å²) in [7, 11) is 0. The van der Waals surface area contributed by atoms with E-state index >= 15 is 0 Å². The van der Waals surface area contributed by atoms with Gasteiger partial charge in [-0.2, -0.15) is 0 Å². The van der Waals surface area contributed by atoms with Crippen LogP contribution in [0.1, 0.15) is 11.7 Å². The van der Waals surface area contributed by atoms with Crippen molar-refractivity contribution in [3.8, 4) is 0 Å². The van der Waals surface area contributed by atoms with Gasteiger partial charge in [-0.15, -0.1) is 0 Å². The Balaban J connectivity index is 2.23. The van der Waals surface area contributed by atoms with E-state index < -0.39 is 0 Å². The van der Waals surface area contributed by atoms with Crippen LogP contribution >= 0.6 is 0 Å². The molecule has 0 aromatic heterocycles. The molecule has 0 spiro atoms. The summed E-state index contributed by atoms with van der Waals surface area (Å²) in [6.07, 6.45) is 4.09. The van der Waals surface area contributed by atoms with Crippen LogP contribution in [0.5, 0.6) is 0 Å². The Morgan fingerprint density at radius 1 is 1.21 bits per heavy atom. The molecule has 0 bridgehead atoms. The molecule has 1 unspecified atom stereocenters. The Morgan fingerprint density at radius 3 is 2.71 bits per heavy atom. The standard InChI is InChI=1S/C10H14N4/c11-8-3-2-7(6-9(8)12)10-13-4-1-5-14-10/h1-4,6,10,13-14H,5,11-12H2. The molecule has 74 valence electrons. The SMILES string of the molecule is Nc1ccc(C2NC=CCN2)cc1N. The van der Waals surface area contributed by atoms with Gasteiger partial charge in [0.05, 0.1) is 11.4 Å². The second kappa shape index (κ2) is 3.59. The molecule has 1 aliphatic heterocycles. The molecule has 1 aliphatic rings. The van der Waals surface area contributed by atoms with Crippen molar-refractivity contribution in [2.75, 3.05) is 18.0 Å². The monoisotopic (exact) mass is 190 g/mol. The minimum absolute atomic E-state index is 0.128. The van der Waals surface area contributed by atoms with Crippen LogP contribution in [-0.2, 0) is 0 Å². The lowest BCUT2D eigenvalue weighted by Gasteiger charge is -2.22. The Morgan fingerprint density at radius 2 is 2.07 bits per heavy atom. The van der Waals surface area contributed by atoms with Gasteiger partial charge in [0, 0.05) is 6.54 Å². The molecule has 1 aromatic rings. The predicted molar refractivity (Wildman–Crippen MR) is 58.3 cm³/mol. The zero-order valence-electron chi connectivity index (χ0n) is 7.83. The number of rotatable bonds is 1. The maximum atomic E-state index is 5.73. The summed E-state index contributed by atoms with van der Waals surface area (Å²) in [6.45, 7) is 0.863. The van der Waals surface area contributed by atoms with Gasteiger partial charge in [0.1, 0.15) is 6.17 Å². The van der Waals surface area contributed by atoms with Gasteiger partial charge in [-0.1, -0.05) is 12.1 Å². The first-order valence-corrected chi connectivity index (χ1v) is 4.57. The maximum Gasteiger partial charge on any atom is 0.103 e. The van der Waals surface area contributed by atoms with Crippen LogP contribution in [0.15, 0.2) is 30.5 Å². The van der Waals surface area contributed by atoms with E-state index in [0.717, 1.165) is 12.1 Å². The van der Waals surface area contributed by atoms with E-state index in [4.69, 9.17) is 11.5 Å². The van der Waals surface area contributed by atoms with Gasteiger partial charge in [0.2, 0.25) is 0 Å². The van der Waals surface area contributed by atoms with Gasteiger partial charge >= 0.3 is 0 Å². The van der Waals surface area contributed by atoms with E-state index in [1.54, 1.807) is 0 Å². The molecule has 0 radical (unpaired) electrons. The number of nitrogens with two attached hydrogens (primary N) is 2. The van der Waals surface area contributed by atoms with Gasteiger partial charge in [0.15, 0.2) is 0 Å². The second-order valence-electron chi connectivity index (χ2n) is 3.30. The van der Waals surface area contributed by atoms with Crippen LogP contribution in [0, 0.1) is 0 Å². The zero-order valence-corrected chi connectivity index (χ0v) is 7.83. The highest BCUT2D eigenvalue weighted by Gasteiger charge is 2.10. The number of benzene rings is 1. The molecule has 1 aromatic carbocycles. The third-order valence-corrected chi connectivity index (χ3v) is 2.26. The Hall–Kier alpha value is -1.68. The maximum absolute atomic E-state index is 5.73. The number of anilines is 2. The number of nitrogens with one attached hydrogen (secondary N) is 2. The van der Waals surface area contributed by atoms with Gasteiger partial charge in [-0.3, -0.25) is 5.32 Å². The summed E-state index contributed by atoms with van der Waals surface area (Å²) in [6, 6.07) is 5.68. The van der Waals surface area contributed by atoms with E-state index in [1.165, 1.54) is 0 Å². The molecule has 14 heavy (non-hydrogen) atoms. The zero-order chi connectivity index (χ0) is 9.97. The molecule has 0 saturated heterocycles. The Kier molecular flexibility index (Phi) is 2.28. The van der Waals surface area contributed by atoms with Crippen molar-refractivity contribution >= 4 is 11.4 Å². The number of hydrogen-bond donors (Lipinski definition) is 4. The largest absolute Gasteiger partial charge is 0.397 e. The summed E-state index contributed by atoms with van der Waals surface area (Å²) in [5, 5.41) is 6.48. The fourth-order valence-corrected chi connectivity index (χ4v) is 1.45. The van der Waals surface area contributed by atoms with Crippen molar-refractivity contribution in [2.45, 2.75) is 6.17 Å². The van der Waals surface area contributed by atoms with Crippen molar-refractivity contribution < 1.29 is 0 Å². The molecule has 1 atom stereocenters. The third-order valence-electron chi connectivity index (χ3n) is 2.26. The molecule has 0 amide bonds. The highest BCUT2D eigenvalue weighted by atomic mass is 15.1. The van der Waals surface area contributed by atoms with E-state index in [2.05, 4.69) is 10.6 Å². The Bertz CT molecular complexity index is 359. The average Bonchev–Trinajstić information content (AvgIpc) is 2.23. The van der Waals surface area contributed by atoms with E-state index in [0.29, 0.717) is 11.4 Å². The number of hydrogen-bond acceptors (Lipinski definition) is 4. The van der Waals surface area contributed by atoms with E-state index in [-0.39, 0.29) is 6.17 Å². The molecule has 4 nitrogen and oxygen atoms in total. The highest BCUT2D eigenvalue weighted by Crippen LogP contribution is 2.20. The molecular formula is C10H14N4. The van der Waals surface area contributed by atoms with Crippen molar-refractivity contribution in [3.63, 3.8) is 0 Å². The first kappa shape index (κ1) is 8.90. The van der Waals surface area contributed by atoms with Crippen LogP contribution in [-0.4, -0.2) is 6.54 Å². The molecule has 0 fully saturated rings. The lowest BCUT2D eigenvalue weighted by atomic mass is 10.1. The second-order valence-corrected chi connectivity index (χ2v) is 3.30. The fraction of sp³-hybridized carbons (Fsp3) is 0.200. The van der Waals surface area contributed by atoms with Crippen molar-refractivity contribution in [2.24, 2.45) is 0 Å². The average molecular weight is 190 g/mol. The minimum atomic E-state index is 0.128. The lowest BCUT2D eigenvalue weighted by molar-refractivity contribution is 0.498. The fourth-order valence-electron chi connectivity index (χ4n) is 1.45. The topological polar surface area (TPSA) is 76.1 Å². The first-order valence-electron chi connectivity index (χ1n) is 4.57. The molecule has 0 saturated carbocycles. The molecule has 0 aliphatic carbocycles. The van der Waals surface area contributed by atoms with E-state index in [9.17, 15) is 0 Å². The molecule has 1 heterocycles. The van der Waals surface area contributed by atoms with Crippen molar-refractivity contribution in [1.29, 1.82) is 0 Å². The molecule has 6 N–H and O–H groups in total. The van der Waals surface area contributed by atoms with Gasteiger partial charge in [0.25, 0.3) is 0 Å². The summed E-state index contributed by atoms with van der Waals surface area (Å²) in [5.74, 6) is 0.